The topological polar surface area (TPSA) is 75.2 Å². The highest BCUT2D eigenvalue weighted by atomic mass is 32.1. The average molecular weight is 272 g/mol. The molecule has 1 heterocycles. The molecule has 18 heavy (non-hydrogen) atoms. The maximum absolute atomic E-state index is 5.66. The van der Waals surface area contributed by atoms with Crippen molar-refractivity contribution in [1.29, 1.82) is 0 Å². The number of hydrogen-bond donors (Lipinski definition) is 1. The van der Waals surface area contributed by atoms with E-state index in [9.17, 15) is 0 Å². The molecular weight excluding hydrogens is 252 g/mol. The third-order valence-corrected chi connectivity index (χ3v) is 2.94. The van der Waals surface area contributed by atoms with Crippen LogP contribution in [0.15, 0.2) is 0 Å². The molecule has 1 aromatic heterocycles. The van der Waals surface area contributed by atoms with Crippen molar-refractivity contribution >= 4 is 17.2 Å². The smallest absolute Gasteiger partial charge is 0.143 e. The third kappa shape index (κ3) is 3.47. The predicted octanol–water partition coefficient (Wildman–Crippen LogP) is 0.699. The maximum atomic E-state index is 5.66. The second-order valence-corrected chi connectivity index (χ2v) is 4.39. The highest BCUT2D eigenvalue weighted by Crippen LogP contribution is 2.16. The summed E-state index contributed by atoms with van der Waals surface area (Å²) < 4.78 is 12.1. The number of thiocarbonyl (C=S) groups is 1. The first-order valence-corrected chi connectivity index (χ1v) is 6.28. The van der Waals surface area contributed by atoms with Gasteiger partial charge in [0.2, 0.25) is 0 Å². The fourth-order valence-electron chi connectivity index (χ4n) is 1.78. The highest BCUT2D eigenvalue weighted by Gasteiger charge is 2.20. The second kappa shape index (κ2) is 7.40. The Morgan fingerprint density at radius 3 is 2.67 bits per heavy atom. The van der Waals surface area contributed by atoms with E-state index in [4.69, 9.17) is 27.4 Å². The third-order valence-electron chi connectivity index (χ3n) is 2.74. The molecule has 1 aromatic rings. The number of nitrogens with zero attached hydrogens (tertiary/aromatic N) is 3. The van der Waals surface area contributed by atoms with Crippen molar-refractivity contribution in [1.82, 2.24) is 15.0 Å². The summed E-state index contributed by atoms with van der Waals surface area (Å²) in [5.74, 6) is 0. The molecule has 7 heteroatoms. The molecule has 0 aliphatic carbocycles. The van der Waals surface area contributed by atoms with Crippen LogP contribution >= 0.6 is 12.2 Å². The van der Waals surface area contributed by atoms with Crippen LogP contribution in [0.4, 0.5) is 0 Å². The van der Waals surface area contributed by atoms with E-state index in [1.807, 2.05) is 4.68 Å². The molecule has 0 fully saturated rings. The summed E-state index contributed by atoms with van der Waals surface area (Å²) in [6.07, 6.45) is 1.57. The van der Waals surface area contributed by atoms with Gasteiger partial charge in [0.25, 0.3) is 0 Å². The normalized spacial score (nSPS) is 12.6. The van der Waals surface area contributed by atoms with Gasteiger partial charge in [-0.05, 0) is 6.42 Å². The highest BCUT2D eigenvalue weighted by molar-refractivity contribution is 7.80. The van der Waals surface area contributed by atoms with Crippen molar-refractivity contribution in [2.75, 3.05) is 27.4 Å². The summed E-state index contributed by atoms with van der Waals surface area (Å²) in [6.45, 7) is 3.23. The first kappa shape index (κ1) is 15.0. The Bertz CT molecular complexity index is 394. The molecule has 0 bridgehead atoms. The monoisotopic (exact) mass is 272 g/mol. The van der Waals surface area contributed by atoms with Gasteiger partial charge in [-0.1, -0.05) is 24.4 Å². The summed E-state index contributed by atoms with van der Waals surface area (Å²) in [5, 5.41) is 8.20. The fourth-order valence-corrected chi connectivity index (χ4v) is 1.94. The van der Waals surface area contributed by atoms with Crippen LogP contribution in [-0.4, -0.2) is 47.4 Å². The minimum atomic E-state index is 0.137. The maximum Gasteiger partial charge on any atom is 0.143 e. The summed E-state index contributed by atoms with van der Waals surface area (Å²) in [7, 11) is 3.32. The van der Waals surface area contributed by atoms with Crippen molar-refractivity contribution in [3.05, 3.63) is 11.4 Å². The van der Waals surface area contributed by atoms with Gasteiger partial charge in [-0.15, -0.1) is 5.10 Å². The lowest BCUT2D eigenvalue weighted by molar-refractivity contribution is 0.143. The van der Waals surface area contributed by atoms with Gasteiger partial charge in [-0.3, -0.25) is 0 Å². The van der Waals surface area contributed by atoms with Crippen LogP contribution in [0.5, 0.6) is 0 Å². The van der Waals surface area contributed by atoms with Crippen LogP contribution in [-0.2, 0) is 15.9 Å². The molecule has 0 saturated heterocycles. The van der Waals surface area contributed by atoms with E-state index in [1.54, 1.807) is 14.2 Å². The van der Waals surface area contributed by atoms with Crippen LogP contribution in [0.2, 0.25) is 0 Å². The van der Waals surface area contributed by atoms with Crippen LogP contribution < -0.4 is 5.73 Å². The lowest BCUT2D eigenvalue weighted by Crippen LogP contribution is -2.20. The van der Waals surface area contributed by atoms with E-state index in [1.165, 1.54) is 0 Å². The first-order chi connectivity index (χ1) is 8.65. The molecule has 0 saturated carbocycles. The SMILES string of the molecule is CCC(COC)n1nnc(C(N)=S)c1CCOC. The molecule has 1 atom stereocenters. The zero-order valence-electron chi connectivity index (χ0n) is 11.0. The summed E-state index contributed by atoms with van der Waals surface area (Å²) in [6, 6.07) is 0.137. The average Bonchev–Trinajstić information content (AvgIpc) is 2.77. The molecule has 0 aliphatic rings. The van der Waals surface area contributed by atoms with Crippen molar-refractivity contribution in [2.24, 2.45) is 5.73 Å². The quantitative estimate of drug-likeness (QED) is 0.702. The molecule has 0 amide bonds. The lowest BCUT2D eigenvalue weighted by Gasteiger charge is -2.17. The van der Waals surface area contributed by atoms with Crippen LogP contribution in [0, 0.1) is 0 Å². The van der Waals surface area contributed by atoms with Gasteiger partial charge in [0.05, 0.1) is 24.9 Å². The summed E-state index contributed by atoms with van der Waals surface area (Å²) in [4.78, 5) is 0.264. The molecule has 2 N–H and O–H groups in total. The molecule has 0 aromatic carbocycles. The molecule has 6 nitrogen and oxygen atoms in total. The molecule has 1 rings (SSSR count). The molecule has 102 valence electrons. The summed E-state index contributed by atoms with van der Waals surface area (Å²) >= 11 is 4.99. The van der Waals surface area contributed by atoms with Crippen molar-refractivity contribution in [3.63, 3.8) is 0 Å². The van der Waals surface area contributed by atoms with Gasteiger partial charge in [-0.25, -0.2) is 4.68 Å². The molecule has 1 unspecified atom stereocenters. The minimum absolute atomic E-state index is 0.137. The molecule has 0 spiro atoms. The van der Waals surface area contributed by atoms with E-state index >= 15 is 0 Å². The number of aromatic nitrogens is 3. The van der Waals surface area contributed by atoms with E-state index < -0.39 is 0 Å². The molecule has 0 aliphatic heterocycles. The van der Waals surface area contributed by atoms with Crippen molar-refractivity contribution in [3.8, 4) is 0 Å². The Kier molecular flexibility index (Phi) is 6.17. The Balaban J connectivity index is 3.05. The predicted molar refractivity (Wildman–Crippen MR) is 72.7 cm³/mol. The fraction of sp³-hybridized carbons (Fsp3) is 0.727. The number of methoxy groups -OCH3 is 2. The van der Waals surface area contributed by atoms with Crippen LogP contribution in [0.1, 0.15) is 30.8 Å². The first-order valence-electron chi connectivity index (χ1n) is 5.87. The number of nitrogens with two attached hydrogens (primary N) is 1. The Hall–Kier alpha value is -1.05. The zero-order valence-corrected chi connectivity index (χ0v) is 11.9. The van der Waals surface area contributed by atoms with Gasteiger partial charge >= 0.3 is 0 Å². The van der Waals surface area contributed by atoms with E-state index in [2.05, 4.69) is 17.2 Å². The minimum Gasteiger partial charge on any atom is -0.388 e. The van der Waals surface area contributed by atoms with E-state index in [0.29, 0.717) is 25.3 Å². The zero-order chi connectivity index (χ0) is 13.5. The van der Waals surface area contributed by atoms with Crippen molar-refractivity contribution in [2.45, 2.75) is 25.8 Å². The Morgan fingerprint density at radius 1 is 1.44 bits per heavy atom. The van der Waals surface area contributed by atoms with E-state index in [-0.39, 0.29) is 11.0 Å². The Morgan fingerprint density at radius 2 is 2.17 bits per heavy atom. The molecule has 0 radical (unpaired) electrons. The van der Waals surface area contributed by atoms with Gasteiger partial charge in [0.15, 0.2) is 0 Å². The second-order valence-electron chi connectivity index (χ2n) is 3.95. The Labute approximate surface area is 112 Å². The standard InChI is InChI=1S/C11H20N4O2S/c1-4-8(7-17-3)15-9(5-6-16-2)10(11(12)18)13-14-15/h8H,4-7H2,1-3H3,(H2,12,18). The van der Waals surface area contributed by atoms with Gasteiger partial charge in [-0.2, -0.15) is 0 Å². The lowest BCUT2D eigenvalue weighted by atomic mass is 10.2. The largest absolute Gasteiger partial charge is 0.388 e. The number of rotatable bonds is 8. The van der Waals surface area contributed by atoms with Gasteiger partial charge < -0.3 is 15.2 Å². The van der Waals surface area contributed by atoms with Crippen LogP contribution in [0.25, 0.3) is 0 Å². The van der Waals surface area contributed by atoms with Gasteiger partial charge in [0.1, 0.15) is 10.7 Å². The van der Waals surface area contributed by atoms with E-state index in [0.717, 1.165) is 12.1 Å². The van der Waals surface area contributed by atoms with Crippen LogP contribution in [0.3, 0.4) is 0 Å². The van der Waals surface area contributed by atoms with Gasteiger partial charge in [0, 0.05) is 20.6 Å². The van der Waals surface area contributed by atoms with Crippen molar-refractivity contribution < 1.29 is 9.47 Å². The molecular formula is C11H20N4O2S. The number of ether oxygens (including phenoxy) is 2. The summed E-state index contributed by atoms with van der Waals surface area (Å²) in [5.41, 5.74) is 7.15. The number of hydrogen-bond acceptors (Lipinski definition) is 5.